The molecule has 234 valence electrons. The molecular weight excluding hydrogens is 548 g/mol. The Kier molecular flexibility index (Phi) is 10.3. The second-order valence-electron chi connectivity index (χ2n) is 13.2. The fraction of sp³-hybridized carbons (Fsp3) is 0.529. The molecule has 9 nitrogen and oxygen atoms in total. The van der Waals surface area contributed by atoms with Crippen LogP contribution in [0.15, 0.2) is 24.3 Å². The zero-order valence-electron chi connectivity index (χ0n) is 26.9. The lowest BCUT2D eigenvalue weighted by Crippen LogP contribution is -2.34. The molecule has 4 rings (SSSR count). The molecule has 0 aromatic heterocycles. The van der Waals surface area contributed by atoms with Crippen LogP contribution in [0.1, 0.15) is 134 Å². The summed E-state index contributed by atoms with van der Waals surface area (Å²) in [5.41, 5.74) is 6.25. The monoisotopic (exact) mass is 594 g/mol. The molecule has 0 saturated heterocycles. The van der Waals surface area contributed by atoms with Gasteiger partial charge < -0.3 is 25.2 Å². The van der Waals surface area contributed by atoms with Gasteiger partial charge in [-0.1, -0.05) is 25.1 Å². The molecule has 2 aromatic carbocycles. The fourth-order valence-corrected chi connectivity index (χ4v) is 5.68. The number of ether oxygens (including phenoxy) is 2. The molecule has 0 unspecified atom stereocenters. The summed E-state index contributed by atoms with van der Waals surface area (Å²) in [5.74, 6) is -0.747. The van der Waals surface area contributed by atoms with E-state index in [4.69, 9.17) is 14.6 Å². The molecule has 2 aliphatic carbocycles. The van der Waals surface area contributed by atoms with Crippen molar-refractivity contribution in [3.05, 3.63) is 68.8 Å². The zero-order chi connectivity index (χ0) is 32.3. The van der Waals surface area contributed by atoms with Gasteiger partial charge in [-0.3, -0.25) is 4.79 Å². The number of carbonyl (C=O) groups is 4. The van der Waals surface area contributed by atoms with Crippen molar-refractivity contribution < 1.29 is 33.8 Å². The molecule has 0 heterocycles. The number of aromatic carboxylic acids is 1. The summed E-state index contributed by atoms with van der Waals surface area (Å²) in [6.45, 7) is 16.7. The lowest BCUT2D eigenvalue weighted by molar-refractivity contribution is 0.0492. The van der Waals surface area contributed by atoms with E-state index in [-0.39, 0.29) is 17.9 Å². The highest BCUT2D eigenvalue weighted by atomic mass is 16.6. The quantitative estimate of drug-likeness (QED) is 0.309. The number of ketones is 1. The van der Waals surface area contributed by atoms with Gasteiger partial charge in [0.2, 0.25) is 0 Å². The molecule has 0 bridgehead atoms. The van der Waals surface area contributed by atoms with Crippen LogP contribution in [-0.2, 0) is 22.3 Å². The van der Waals surface area contributed by atoms with Crippen molar-refractivity contribution in [3.8, 4) is 0 Å². The standard InChI is InChI=1S/C18H25NO3.C16H21NO4/c1-6-16(20)13-7-8-14-12(11(13)2)9-10-15(14)19-17(21)22-18(3,4)5;1-9-10-7-8-13(17-15(20)21-16(2,3)4)12(10)6-5-11(9)14(18)19/h7-8,15H,6,9-10H2,1-5H3,(H,19,21);5-6,13H,7-8H2,1-4H3,(H,17,20)(H,18,19)/t15-;13-/m00/s1. The maximum atomic E-state index is 12.0. The van der Waals surface area contributed by atoms with E-state index in [1.807, 2.05) is 74.4 Å². The molecule has 2 amide bonds. The summed E-state index contributed by atoms with van der Waals surface area (Å²) in [4.78, 5) is 46.9. The maximum Gasteiger partial charge on any atom is 0.408 e. The largest absolute Gasteiger partial charge is 0.478 e. The Balaban J connectivity index is 0.000000236. The molecule has 0 radical (unpaired) electrons. The number of carboxylic acids is 1. The molecule has 2 aliphatic rings. The first-order valence-corrected chi connectivity index (χ1v) is 14.9. The van der Waals surface area contributed by atoms with Gasteiger partial charge in [-0.25, -0.2) is 14.4 Å². The van der Waals surface area contributed by atoms with Crippen LogP contribution >= 0.6 is 0 Å². The van der Waals surface area contributed by atoms with Gasteiger partial charge in [0.1, 0.15) is 11.2 Å². The number of carboxylic acid groups (broad SMARTS) is 1. The predicted octanol–water partition coefficient (Wildman–Crippen LogP) is 7.30. The van der Waals surface area contributed by atoms with Crippen molar-refractivity contribution in [1.82, 2.24) is 10.6 Å². The first kappa shape index (κ1) is 33.6. The van der Waals surface area contributed by atoms with E-state index >= 15 is 0 Å². The smallest absolute Gasteiger partial charge is 0.408 e. The Bertz CT molecular complexity index is 1400. The van der Waals surface area contributed by atoms with E-state index in [1.165, 1.54) is 5.56 Å². The van der Waals surface area contributed by atoms with Crippen molar-refractivity contribution in [1.29, 1.82) is 0 Å². The van der Waals surface area contributed by atoms with Gasteiger partial charge >= 0.3 is 18.2 Å². The van der Waals surface area contributed by atoms with E-state index in [0.717, 1.165) is 59.1 Å². The summed E-state index contributed by atoms with van der Waals surface area (Å²) in [7, 11) is 0. The molecule has 0 saturated carbocycles. The van der Waals surface area contributed by atoms with Crippen LogP contribution in [0.2, 0.25) is 0 Å². The predicted molar refractivity (Wildman–Crippen MR) is 165 cm³/mol. The number of fused-ring (bicyclic) bond motifs is 2. The van der Waals surface area contributed by atoms with E-state index in [1.54, 1.807) is 12.1 Å². The number of Topliss-reactive ketones (excluding diaryl/α,β-unsaturated/α-hetero) is 1. The minimum Gasteiger partial charge on any atom is -0.478 e. The van der Waals surface area contributed by atoms with Gasteiger partial charge in [0.05, 0.1) is 17.6 Å². The van der Waals surface area contributed by atoms with Crippen LogP contribution in [0.5, 0.6) is 0 Å². The van der Waals surface area contributed by atoms with E-state index in [9.17, 15) is 19.2 Å². The summed E-state index contributed by atoms with van der Waals surface area (Å²) >= 11 is 0. The average Bonchev–Trinajstić information content (AvgIpc) is 3.47. The summed E-state index contributed by atoms with van der Waals surface area (Å²) < 4.78 is 10.6. The minimum atomic E-state index is -0.918. The van der Waals surface area contributed by atoms with Gasteiger partial charge in [-0.15, -0.1) is 0 Å². The Morgan fingerprint density at radius 3 is 1.51 bits per heavy atom. The van der Waals surface area contributed by atoms with Crippen molar-refractivity contribution in [2.75, 3.05) is 0 Å². The number of alkyl carbamates (subject to hydrolysis) is 2. The fourth-order valence-electron chi connectivity index (χ4n) is 5.68. The number of hydrogen-bond acceptors (Lipinski definition) is 6. The Hall–Kier alpha value is -3.88. The summed E-state index contributed by atoms with van der Waals surface area (Å²) in [5, 5.41) is 14.9. The van der Waals surface area contributed by atoms with Gasteiger partial charge in [0, 0.05) is 12.0 Å². The van der Waals surface area contributed by atoms with Crippen LogP contribution in [-0.4, -0.2) is 40.2 Å². The minimum absolute atomic E-state index is 0.0330. The number of nitrogens with one attached hydrogen (secondary N) is 2. The van der Waals surface area contributed by atoms with Crippen LogP contribution < -0.4 is 10.6 Å². The third-order valence-electron chi connectivity index (χ3n) is 7.62. The maximum absolute atomic E-state index is 12.0. The van der Waals surface area contributed by atoms with E-state index in [2.05, 4.69) is 10.6 Å². The zero-order valence-corrected chi connectivity index (χ0v) is 26.9. The normalized spacial score (nSPS) is 17.1. The number of hydrogen-bond donors (Lipinski definition) is 3. The molecule has 0 aliphatic heterocycles. The van der Waals surface area contributed by atoms with Crippen molar-refractivity contribution in [3.63, 3.8) is 0 Å². The number of rotatable bonds is 5. The second kappa shape index (κ2) is 13.2. The highest BCUT2D eigenvalue weighted by Crippen LogP contribution is 2.36. The van der Waals surface area contributed by atoms with Crippen molar-refractivity contribution >= 4 is 23.9 Å². The highest BCUT2D eigenvalue weighted by molar-refractivity contribution is 5.97. The Labute approximate surface area is 254 Å². The molecule has 2 atom stereocenters. The van der Waals surface area contributed by atoms with Crippen LogP contribution in [0, 0.1) is 13.8 Å². The molecule has 9 heteroatoms. The summed E-state index contributed by atoms with van der Waals surface area (Å²) in [6, 6.07) is 7.10. The lowest BCUT2D eigenvalue weighted by Gasteiger charge is -2.22. The van der Waals surface area contributed by atoms with Crippen LogP contribution in [0.25, 0.3) is 0 Å². The van der Waals surface area contributed by atoms with Crippen LogP contribution in [0.3, 0.4) is 0 Å². The number of benzene rings is 2. The van der Waals surface area contributed by atoms with Gasteiger partial charge in [-0.2, -0.15) is 0 Å². The van der Waals surface area contributed by atoms with Crippen LogP contribution in [0.4, 0.5) is 9.59 Å². The van der Waals surface area contributed by atoms with Crippen molar-refractivity contribution in [2.24, 2.45) is 0 Å². The van der Waals surface area contributed by atoms with E-state index < -0.39 is 29.4 Å². The van der Waals surface area contributed by atoms with E-state index in [0.29, 0.717) is 12.0 Å². The summed E-state index contributed by atoms with van der Waals surface area (Å²) in [6.07, 6.45) is 2.93. The molecule has 43 heavy (non-hydrogen) atoms. The Morgan fingerprint density at radius 1 is 0.744 bits per heavy atom. The second-order valence-corrected chi connectivity index (χ2v) is 13.2. The van der Waals surface area contributed by atoms with Crippen molar-refractivity contribution in [2.45, 2.75) is 118 Å². The van der Waals surface area contributed by atoms with Gasteiger partial charge in [-0.05, 0) is 121 Å². The van der Waals surface area contributed by atoms with Gasteiger partial charge in [0.25, 0.3) is 0 Å². The average molecular weight is 595 g/mol. The SMILES string of the molecule is CCC(=O)c1ccc2c(c1C)CC[C@@H]2NC(=O)OC(C)(C)C.Cc1c(C(=O)O)ccc2c1CC[C@@H]2NC(=O)OC(C)(C)C. The molecule has 0 fully saturated rings. The van der Waals surface area contributed by atoms with Gasteiger partial charge in [0.15, 0.2) is 5.78 Å². The third kappa shape index (κ3) is 8.58. The topological polar surface area (TPSA) is 131 Å². The molecule has 2 aromatic rings. The lowest BCUT2D eigenvalue weighted by atomic mass is 9.95. The first-order chi connectivity index (χ1) is 19.9. The highest BCUT2D eigenvalue weighted by Gasteiger charge is 2.30. The Morgan fingerprint density at radius 2 is 1.14 bits per heavy atom. The third-order valence-corrected chi connectivity index (χ3v) is 7.62. The number of amides is 2. The molecule has 3 N–H and O–H groups in total. The first-order valence-electron chi connectivity index (χ1n) is 14.9. The number of carbonyl (C=O) groups excluding carboxylic acids is 3. The molecule has 0 spiro atoms. The molecular formula is C34H46N2O7.